The molecule has 8 heteroatoms. The van der Waals surface area contributed by atoms with E-state index in [4.69, 9.17) is 0 Å². The largest absolute Gasteiger partial charge is 0.341 e. The SMILES string of the molecule is Cc1ccc(-n2c(SCc3cc(=O)n4ccccc4n3)nnc2N2CCCC2)cc1. The number of benzene rings is 1. The third-order valence-corrected chi connectivity index (χ3v) is 6.23. The van der Waals surface area contributed by atoms with Crippen LogP contribution in [-0.2, 0) is 5.75 Å². The molecule has 1 aliphatic rings. The number of fused-ring (bicyclic) bond motifs is 1. The molecule has 0 N–H and O–H groups in total. The smallest absolute Gasteiger partial charge is 0.258 e. The van der Waals surface area contributed by atoms with Gasteiger partial charge in [-0.1, -0.05) is 35.5 Å². The summed E-state index contributed by atoms with van der Waals surface area (Å²) in [6.07, 6.45) is 4.08. The van der Waals surface area contributed by atoms with Gasteiger partial charge in [-0.3, -0.25) is 13.8 Å². The molecule has 3 aromatic heterocycles. The summed E-state index contributed by atoms with van der Waals surface area (Å²) in [4.78, 5) is 19.3. The van der Waals surface area contributed by atoms with E-state index >= 15 is 0 Å². The van der Waals surface area contributed by atoms with Crippen LogP contribution in [0.2, 0.25) is 0 Å². The second kappa shape index (κ2) is 7.95. The predicted molar refractivity (Wildman–Crippen MR) is 119 cm³/mol. The van der Waals surface area contributed by atoms with Gasteiger partial charge in [0.05, 0.1) is 11.4 Å². The molecule has 4 heterocycles. The molecule has 1 aromatic carbocycles. The topological polar surface area (TPSA) is 68.3 Å². The number of hydrogen-bond donors (Lipinski definition) is 0. The average Bonchev–Trinajstić information content (AvgIpc) is 3.43. The molecule has 0 atom stereocenters. The third kappa shape index (κ3) is 3.59. The van der Waals surface area contributed by atoms with Gasteiger partial charge in [0.15, 0.2) is 5.16 Å². The molecule has 5 rings (SSSR count). The summed E-state index contributed by atoms with van der Waals surface area (Å²) in [5.74, 6) is 1.43. The molecule has 1 saturated heterocycles. The van der Waals surface area contributed by atoms with Crippen molar-refractivity contribution in [3.05, 3.63) is 76.3 Å². The molecular formula is C22H22N6OS. The molecule has 7 nitrogen and oxygen atoms in total. The van der Waals surface area contributed by atoms with E-state index < -0.39 is 0 Å². The summed E-state index contributed by atoms with van der Waals surface area (Å²) < 4.78 is 3.66. The highest BCUT2D eigenvalue weighted by Crippen LogP contribution is 2.30. The number of nitrogens with zero attached hydrogens (tertiary/aromatic N) is 6. The van der Waals surface area contributed by atoms with E-state index in [0.29, 0.717) is 11.4 Å². The Morgan fingerprint density at radius 2 is 1.83 bits per heavy atom. The fourth-order valence-electron chi connectivity index (χ4n) is 3.71. The van der Waals surface area contributed by atoms with E-state index in [9.17, 15) is 4.79 Å². The third-order valence-electron chi connectivity index (χ3n) is 5.27. The van der Waals surface area contributed by atoms with Gasteiger partial charge in [0.1, 0.15) is 5.65 Å². The first-order valence-electron chi connectivity index (χ1n) is 10.1. The van der Waals surface area contributed by atoms with E-state index in [1.54, 1.807) is 28.4 Å². The van der Waals surface area contributed by atoms with E-state index in [-0.39, 0.29) is 5.56 Å². The van der Waals surface area contributed by atoms with Crippen molar-refractivity contribution in [1.29, 1.82) is 0 Å². The Balaban J connectivity index is 1.48. The van der Waals surface area contributed by atoms with Gasteiger partial charge in [-0.25, -0.2) is 4.98 Å². The van der Waals surface area contributed by atoms with Crippen molar-refractivity contribution in [3.63, 3.8) is 0 Å². The number of aromatic nitrogens is 5. The van der Waals surface area contributed by atoms with Gasteiger partial charge < -0.3 is 4.90 Å². The lowest BCUT2D eigenvalue weighted by molar-refractivity contribution is 0.840. The molecule has 0 unspecified atom stereocenters. The van der Waals surface area contributed by atoms with Crippen LogP contribution in [0.1, 0.15) is 24.1 Å². The highest BCUT2D eigenvalue weighted by Gasteiger charge is 2.22. The summed E-state index contributed by atoms with van der Waals surface area (Å²) in [5.41, 5.74) is 3.57. The maximum Gasteiger partial charge on any atom is 0.258 e. The highest BCUT2D eigenvalue weighted by molar-refractivity contribution is 7.98. The first kappa shape index (κ1) is 18.9. The van der Waals surface area contributed by atoms with Gasteiger partial charge in [0.2, 0.25) is 5.95 Å². The zero-order valence-corrected chi connectivity index (χ0v) is 17.5. The fourth-order valence-corrected chi connectivity index (χ4v) is 4.55. The van der Waals surface area contributed by atoms with E-state index in [1.165, 1.54) is 18.4 Å². The van der Waals surface area contributed by atoms with Gasteiger partial charge in [0.25, 0.3) is 5.56 Å². The summed E-state index contributed by atoms with van der Waals surface area (Å²) in [5, 5.41) is 9.79. The zero-order chi connectivity index (χ0) is 20.5. The number of rotatable bonds is 5. The molecular weight excluding hydrogens is 396 g/mol. The van der Waals surface area contributed by atoms with Crippen LogP contribution in [0.5, 0.6) is 0 Å². The molecule has 4 aromatic rings. The normalized spacial score (nSPS) is 14.0. The molecule has 0 aliphatic carbocycles. The van der Waals surface area contributed by atoms with E-state index in [0.717, 1.165) is 35.6 Å². The number of hydrogen-bond acceptors (Lipinski definition) is 6. The van der Waals surface area contributed by atoms with Gasteiger partial charge in [0, 0.05) is 31.1 Å². The van der Waals surface area contributed by atoms with Gasteiger partial charge >= 0.3 is 0 Å². The molecule has 0 spiro atoms. The van der Waals surface area contributed by atoms with Crippen molar-refractivity contribution in [1.82, 2.24) is 24.1 Å². The lowest BCUT2D eigenvalue weighted by Crippen LogP contribution is -2.22. The lowest BCUT2D eigenvalue weighted by Gasteiger charge is -2.18. The molecule has 1 fully saturated rings. The molecule has 1 aliphatic heterocycles. The van der Waals surface area contributed by atoms with Gasteiger partial charge in [-0.05, 0) is 44.0 Å². The number of thioether (sulfide) groups is 1. The highest BCUT2D eigenvalue weighted by atomic mass is 32.2. The Morgan fingerprint density at radius 3 is 2.63 bits per heavy atom. The van der Waals surface area contributed by atoms with Crippen LogP contribution in [0.25, 0.3) is 11.3 Å². The molecule has 152 valence electrons. The molecule has 30 heavy (non-hydrogen) atoms. The Morgan fingerprint density at radius 1 is 1.03 bits per heavy atom. The molecule has 0 radical (unpaired) electrons. The Kier molecular flexibility index (Phi) is 5.00. The number of anilines is 1. The summed E-state index contributed by atoms with van der Waals surface area (Å²) in [6.45, 7) is 4.08. The minimum absolute atomic E-state index is 0.0750. The van der Waals surface area contributed by atoms with Crippen LogP contribution in [0, 0.1) is 6.92 Å². The van der Waals surface area contributed by atoms with E-state index in [2.05, 4.69) is 55.8 Å². The zero-order valence-electron chi connectivity index (χ0n) is 16.7. The van der Waals surface area contributed by atoms with Crippen LogP contribution in [0.3, 0.4) is 0 Å². The van der Waals surface area contributed by atoms with Gasteiger partial charge in [-0.15, -0.1) is 10.2 Å². The Hall–Kier alpha value is -3.13. The summed E-state index contributed by atoms with van der Waals surface area (Å²) >= 11 is 1.55. The monoisotopic (exact) mass is 418 g/mol. The fraction of sp³-hybridized carbons (Fsp3) is 0.273. The Bertz CT molecular complexity index is 1240. The maximum atomic E-state index is 12.4. The van der Waals surface area contributed by atoms with Crippen LogP contribution in [0.15, 0.2) is 64.7 Å². The first-order valence-corrected chi connectivity index (χ1v) is 11.1. The van der Waals surface area contributed by atoms with Crippen LogP contribution >= 0.6 is 11.8 Å². The summed E-state index contributed by atoms with van der Waals surface area (Å²) in [7, 11) is 0. The van der Waals surface area contributed by atoms with Crippen LogP contribution < -0.4 is 10.5 Å². The average molecular weight is 419 g/mol. The van der Waals surface area contributed by atoms with Crippen molar-refractivity contribution >= 4 is 23.4 Å². The number of aryl methyl sites for hydroxylation is 1. The second-order valence-corrected chi connectivity index (χ2v) is 8.39. The molecule has 0 saturated carbocycles. The quantitative estimate of drug-likeness (QED) is 0.462. The minimum Gasteiger partial charge on any atom is -0.341 e. The van der Waals surface area contributed by atoms with Crippen molar-refractivity contribution in [3.8, 4) is 5.69 Å². The van der Waals surface area contributed by atoms with E-state index in [1.807, 2.05) is 18.2 Å². The van der Waals surface area contributed by atoms with Crippen molar-refractivity contribution in [2.24, 2.45) is 0 Å². The predicted octanol–water partition coefficient (Wildman–Crippen LogP) is 3.48. The first-order chi connectivity index (χ1) is 14.7. The molecule has 0 bridgehead atoms. The second-order valence-electron chi connectivity index (χ2n) is 7.45. The Labute approximate surface area is 178 Å². The number of pyridine rings is 1. The maximum absolute atomic E-state index is 12.4. The lowest BCUT2D eigenvalue weighted by atomic mass is 10.2. The minimum atomic E-state index is -0.0750. The molecule has 0 amide bonds. The van der Waals surface area contributed by atoms with Crippen LogP contribution in [-0.4, -0.2) is 37.2 Å². The van der Waals surface area contributed by atoms with Gasteiger partial charge in [-0.2, -0.15) is 0 Å². The van der Waals surface area contributed by atoms with Crippen molar-refractivity contribution in [2.45, 2.75) is 30.7 Å². The van der Waals surface area contributed by atoms with Crippen LogP contribution in [0.4, 0.5) is 5.95 Å². The summed E-state index contributed by atoms with van der Waals surface area (Å²) in [6, 6.07) is 15.5. The van der Waals surface area contributed by atoms with Crippen molar-refractivity contribution < 1.29 is 0 Å². The standard InChI is InChI=1S/C22H22N6OS/c1-16-7-9-18(10-8-16)28-21(26-11-4-5-12-26)24-25-22(28)30-15-17-14-20(29)27-13-3-2-6-19(27)23-17/h2-3,6-10,13-14H,4-5,11-12,15H2,1H3. The van der Waals surface area contributed by atoms with Crippen molar-refractivity contribution in [2.75, 3.05) is 18.0 Å².